The van der Waals surface area contributed by atoms with E-state index in [1.54, 1.807) is 0 Å². The first kappa shape index (κ1) is 32.8. The number of hydrogen-bond acceptors (Lipinski definition) is 3. The molecule has 0 saturated heterocycles. The lowest BCUT2D eigenvalue weighted by Crippen LogP contribution is -2.16. The highest BCUT2D eigenvalue weighted by molar-refractivity contribution is 6.29. The summed E-state index contributed by atoms with van der Waals surface area (Å²) in [5.74, 6) is 0. The molecule has 3 nitrogen and oxygen atoms in total. The molecule has 2 heterocycles. The maximum atomic E-state index is 7.20. The zero-order valence-corrected chi connectivity index (χ0v) is 32.2. The van der Waals surface area contributed by atoms with Gasteiger partial charge in [-0.1, -0.05) is 159 Å². The smallest absolute Gasteiger partial charge is 0.160 e. The van der Waals surface area contributed by atoms with Crippen LogP contribution < -0.4 is 4.90 Å². The van der Waals surface area contributed by atoms with Gasteiger partial charge < -0.3 is 13.7 Å². The number of rotatable bonds is 5. The zero-order valence-electron chi connectivity index (χ0n) is 32.2. The molecule has 0 bridgehead atoms. The van der Waals surface area contributed by atoms with Crippen molar-refractivity contribution >= 4 is 71.7 Å². The van der Waals surface area contributed by atoms with Crippen molar-refractivity contribution in [2.75, 3.05) is 4.90 Å². The molecule has 1 aliphatic rings. The maximum Gasteiger partial charge on any atom is 0.160 e. The maximum absolute atomic E-state index is 7.20. The van der Waals surface area contributed by atoms with Crippen LogP contribution in [0, 0.1) is 0 Å². The van der Waals surface area contributed by atoms with Crippen LogP contribution in [0.5, 0.6) is 0 Å². The van der Waals surface area contributed by atoms with Gasteiger partial charge >= 0.3 is 0 Å². The molecular formula is C55H37NO2. The lowest BCUT2D eigenvalue weighted by atomic mass is 9.82. The molecule has 58 heavy (non-hydrogen) atoms. The molecule has 0 radical (unpaired) electrons. The highest BCUT2D eigenvalue weighted by atomic mass is 16.3. The van der Waals surface area contributed by atoms with Gasteiger partial charge in [0.05, 0.1) is 11.4 Å². The van der Waals surface area contributed by atoms with Gasteiger partial charge in [-0.15, -0.1) is 0 Å². The molecule has 0 fully saturated rings. The standard InChI is InChI=1S/C55H37NO2/c1-55(2)44-20-10-8-18-41(44)42-28-27-38(33-45(42)55)56(46-21-12-16-36-15-6-7-17-39(36)46)47-30-29-40(37-25-23-35(24-26-37)34-13-4-3-5-14-34)52-53-50(58-54(47)52)32-31-49-51(53)43-19-9-11-22-48(43)57-49/h3-33H,1-2H3. The summed E-state index contributed by atoms with van der Waals surface area (Å²) in [7, 11) is 0. The van der Waals surface area contributed by atoms with E-state index in [9.17, 15) is 0 Å². The molecule has 3 heteroatoms. The van der Waals surface area contributed by atoms with Crippen molar-refractivity contribution in [3.05, 3.63) is 199 Å². The zero-order chi connectivity index (χ0) is 38.5. The van der Waals surface area contributed by atoms with Gasteiger partial charge in [-0.05, 0) is 92.4 Å². The highest BCUT2D eigenvalue weighted by Gasteiger charge is 2.36. The average Bonchev–Trinajstić information content (AvgIpc) is 3.92. The number of anilines is 3. The van der Waals surface area contributed by atoms with E-state index >= 15 is 0 Å². The van der Waals surface area contributed by atoms with Gasteiger partial charge in [0, 0.05) is 38.0 Å². The summed E-state index contributed by atoms with van der Waals surface area (Å²) in [6, 6.07) is 67.6. The molecule has 0 saturated carbocycles. The van der Waals surface area contributed by atoms with E-state index in [-0.39, 0.29) is 5.41 Å². The van der Waals surface area contributed by atoms with Crippen LogP contribution in [0.4, 0.5) is 17.1 Å². The van der Waals surface area contributed by atoms with Crippen LogP contribution in [0.2, 0.25) is 0 Å². The van der Waals surface area contributed by atoms with Gasteiger partial charge in [-0.25, -0.2) is 0 Å². The Morgan fingerprint density at radius 3 is 1.91 bits per heavy atom. The minimum atomic E-state index is -0.162. The van der Waals surface area contributed by atoms with E-state index in [1.807, 2.05) is 12.1 Å². The molecule has 0 atom stereocenters. The van der Waals surface area contributed by atoms with Crippen molar-refractivity contribution < 1.29 is 8.83 Å². The van der Waals surface area contributed by atoms with Crippen LogP contribution in [0.25, 0.3) is 88.0 Å². The summed E-state index contributed by atoms with van der Waals surface area (Å²) in [5.41, 5.74) is 16.2. The topological polar surface area (TPSA) is 29.5 Å². The van der Waals surface area contributed by atoms with Gasteiger partial charge in [-0.2, -0.15) is 0 Å². The van der Waals surface area contributed by atoms with E-state index in [2.05, 4.69) is 195 Å². The predicted octanol–water partition coefficient (Wildman–Crippen LogP) is 15.7. The molecule has 0 aliphatic heterocycles. The lowest BCUT2D eigenvalue weighted by Gasteiger charge is -2.29. The fraction of sp³-hybridized carbons (Fsp3) is 0.0545. The van der Waals surface area contributed by atoms with Crippen molar-refractivity contribution in [2.24, 2.45) is 0 Å². The summed E-state index contributed by atoms with van der Waals surface area (Å²) in [4.78, 5) is 2.42. The number of furan rings is 2. The van der Waals surface area contributed by atoms with Crippen molar-refractivity contribution in [2.45, 2.75) is 19.3 Å². The minimum absolute atomic E-state index is 0.162. The monoisotopic (exact) mass is 743 g/mol. The van der Waals surface area contributed by atoms with Gasteiger partial charge in [-0.3, -0.25) is 0 Å². The Balaban J connectivity index is 1.17. The number of para-hydroxylation sites is 1. The largest absolute Gasteiger partial charge is 0.456 e. The first-order valence-corrected chi connectivity index (χ1v) is 20.0. The normalized spacial score (nSPS) is 13.1. The quantitative estimate of drug-likeness (QED) is 0.176. The van der Waals surface area contributed by atoms with E-state index in [1.165, 1.54) is 44.2 Å². The van der Waals surface area contributed by atoms with E-state index in [0.29, 0.717) is 0 Å². The summed E-state index contributed by atoms with van der Waals surface area (Å²) in [6.45, 7) is 4.69. The molecule has 1 aliphatic carbocycles. The van der Waals surface area contributed by atoms with Crippen LogP contribution in [-0.2, 0) is 5.41 Å². The highest BCUT2D eigenvalue weighted by Crippen LogP contribution is 2.53. The molecule has 11 aromatic rings. The molecule has 12 rings (SSSR count). The Morgan fingerprint density at radius 2 is 1.05 bits per heavy atom. The number of hydrogen-bond donors (Lipinski definition) is 0. The van der Waals surface area contributed by atoms with Crippen molar-refractivity contribution in [1.29, 1.82) is 0 Å². The molecule has 0 N–H and O–H groups in total. The summed E-state index contributed by atoms with van der Waals surface area (Å²) >= 11 is 0. The molecule has 2 aromatic heterocycles. The van der Waals surface area contributed by atoms with Crippen LogP contribution in [0.1, 0.15) is 25.0 Å². The Hall–Kier alpha value is -7.36. The SMILES string of the molecule is CC1(C)c2ccccc2-c2ccc(N(c3cccc4ccccc34)c3ccc(-c4ccc(-c5ccccc5)cc4)c4c3oc3ccc5oc6ccccc6c5c34)cc21. The first-order valence-electron chi connectivity index (χ1n) is 20.0. The second-order valence-electron chi connectivity index (χ2n) is 16.0. The second-order valence-corrected chi connectivity index (χ2v) is 16.0. The molecule has 9 aromatic carbocycles. The van der Waals surface area contributed by atoms with Gasteiger partial charge in [0.2, 0.25) is 0 Å². The Kier molecular flexibility index (Phi) is 6.98. The van der Waals surface area contributed by atoms with Gasteiger partial charge in [0.1, 0.15) is 16.7 Å². The number of fused-ring (bicyclic) bond motifs is 11. The van der Waals surface area contributed by atoms with Crippen molar-refractivity contribution in [3.8, 4) is 33.4 Å². The molecule has 0 amide bonds. The molecular weight excluding hydrogens is 707 g/mol. The van der Waals surface area contributed by atoms with Crippen LogP contribution in [-0.4, -0.2) is 0 Å². The number of benzene rings is 9. The van der Waals surface area contributed by atoms with E-state index in [4.69, 9.17) is 8.83 Å². The third-order valence-electron chi connectivity index (χ3n) is 12.5. The van der Waals surface area contributed by atoms with Crippen molar-refractivity contribution in [1.82, 2.24) is 0 Å². The number of nitrogens with zero attached hydrogens (tertiary/aromatic N) is 1. The van der Waals surface area contributed by atoms with E-state index < -0.39 is 0 Å². The Labute approximate surface area is 336 Å². The van der Waals surface area contributed by atoms with Gasteiger partial charge in [0.25, 0.3) is 0 Å². The first-order chi connectivity index (χ1) is 28.5. The summed E-state index contributed by atoms with van der Waals surface area (Å²) < 4.78 is 13.7. The van der Waals surface area contributed by atoms with E-state index in [0.717, 1.165) is 72.1 Å². The fourth-order valence-corrected chi connectivity index (χ4v) is 9.70. The van der Waals surface area contributed by atoms with Crippen LogP contribution in [0.15, 0.2) is 197 Å². The molecule has 274 valence electrons. The second kappa shape index (κ2) is 12.3. The van der Waals surface area contributed by atoms with Crippen LogP contribution in [0.3, 0.4) is 0 Å². The summed E-state index contributed by atoms with van der Waals surface area (Å²) in [5, 5.41) is 6.62. The van der Waals surface area contributed by atoms with Crippen LogP contribution >= 0.6 is 0 Å². The predicted molar refractivity (Wildman–Crippen MR) is 242 cm³/mol. The Bertz CT molecular complexity index is 3420. The van der Waals surface area contributed by atoms with Gasteiger partial charge in [0.15, 0.2) is 5.58 Å². The third-order valence-corrected chi connectivity index (χ3v) is 12.5. The average molecular weight is 744 g/mol. The third kappa shape index (κ3) is 4.74. The Morgan fingerprint density at radius 1 is 0.397 bits per heavy atom. The lowest BCUT2D eigenvalue weighted by molar-refractivity contribution is 0.660. The van der Waals surface area contributed by atoms with Crippen molar-refractivity contribution in [3.63, 3.8) is 0 Å². The fourth-order valence-electron chi connectivity index (χ4n) is 9.70. The minimum Gasteiger partial charge on any atom is -0.456 e. The molecule has 0 unspecified atom stereocenters. The molecule has 0 spiro atoms. The summed E-state index contributed by atoms with van der Waals surface area (Å²) in [6.07, 6.45) is 0.